The Morgan fingerprint density at radius 2 is 2.05 bits per heavy atom. The molecule has 0 radical (unpaired) electrons. The maximum absolute atomic E-state index is 13.4. The lowest BCUT2D eigenvalue weighted by Crippen LogP contribution is -2.19. The highest BCUT2D eigenvalue weighted by molar-refractivity contribution is 7.92. The van der Waals surface area contributed by atoms with Crippen molar-refractivity contribution in [2.24, 2.45) is 0 Å². The van der Waals surface area contributed by atoms with Gasteiger partial charge in [0.2, 0.25) is 10.0 Å². The van der Waals surface area contributed by atoms with Crippen LogP contribution in [0, 0.1) is 17.1 Å². The van der Waals surface area contributed by atoms with Crippen molar-refractivity contribution in [3.63, 3.8) is 0 Å². The minimum Gasteiger partial charge on any atom is -0.282 e. The van der Waals surface area contributed by atoms with E-state index in [2.05, 4.69) is 9.71 Å². The highest BCUT2D eigenvalue weighted by Crippen LogP contribution is 2.19. The summed E-state index contributed by atoms with van der Waals surface area (Å²) in [7, 11) is -3.69. The van der Waals surface area contributed by atoms with E-state index in [0.717, 1.165) is 6.07 Å². The SMILES string of the molecule is N#Cc1c(F)cccc1NS(=O)(=O)CCc1ccccn1. The number of nitrogens with one attached hydrogen (secondary N) is 1. The number of pyridine rings is 1. The van der Waals surface area contributed by atoms with Crippen LogP contribution in [0.4, 0.5) is 10.1 Å². The molecule has 0 saturated carbocycles. The maximum atomic E-state index is 13.4. The first kappa shape index (κ1) is 14.9. The number of nitrogens with zero attached hydrogens (tertiary/aromatic N) is 2. The molecule has 0 aliphatic carbocycles. The number of halogens is 1. The molecule has 0 fully saturated rings. The van der Waals surface area contributed by atoms with Gasteiger partial charge in [0.1, 0.15) is 17.4 Å². The molecule has 1 aromatic heterocycles. The highest BCUT2D eigenvalue weighted by atomic mass is 32.2. The first-order chi connectivity index (χ1) is 10.0. The Bertz CT molecular complexity index is 771. The summed E-state index contributed by atoms with van der Waals surface area (Å²) in [5.74, 6) is -0.965. The van der Waals surface area contributed by atoms with E-state index in [4.69, 9.17) is 5.26 Å². The van der Waals surface area contributed by atoms with Crippen LogP contribution in [0.1, 0.15) is 11.3 Å². The average molecular weight is 305 g/mol. The van der Waals surface area contributed by atoms with E-state index in [9.17, 15) is 12.8 Å². The Morgan fingerprint density at radius 3 is 2.71 bits per heavy atom. The molecular formula is C14H12FN3O2S. The molecule has 0 atom stereocenters. The molecule has 0 spiro atoms. The van der Waals surface area contributed by atoms with Gasteiger partial charge in [-0.2, -0.15) is 5.26 Å². The predicted molar refractivity (Wildman–Crippen MR) is 76.5 cm³/mol. The van der Waals surface area contributed by atoms with Crippen LogP contribution in [0.25, 0.3) is 0 Å². The van der Waals surface area contributed by atoms with Gasteiger partial charge < -0.3 is 0 Å². The molecule has 2 rings (SSSR count). The third-order valence-corrected chi connectivity index (χ3v) is 4.02. The van der Waals surface area contributed by atoms with E-state index in [-0.39, 0.29) is 23.4 Å². The molecule has 0 aliphatic rings. The van der Waals surface area contributed by atoms with E-state index in [0.29, 0.717) is 5.69 Å². The molecule has 0 aliphatic heterocycles. The zero-order valence-corrected chi connectivity index (χ0v) is 11.8. The quantitative estimate of drug-likeness (QED) is 0.916. The van der Waals surface area contributed by atoms with Crippen LogP contribution in [0.3, 0.4) is 0 Å². The van der Waals surface area contributed by atoms with Gasteiger partial charge in [0.05, 0.1) is 11.4 Å². The van der Waals surface area contributed by atoms with Gasteiger partial charge in [-0.1, -0.05) is 12.1 Å². The molecule has 108 valence electrons. The molecule has 0 bridgehead atoms. The third kappa shape index (κ3) is 4.00. The molecule has 0 saturated heterocycles. The molecule has 1 heterocycles. The van der Waals surface area contributed by atoms with Crippen molar-refractivity contribution in [3.05, 3.63) is 59.7 Å². The minimum atomic E-state index is -3.69. The number of hydrogen-bond acceptors (Lipinski definition) is 4. The lowest BCUT2D eigenvalue weighted by Gasteiger charge is -2.09. The van der Waals surface area contributed by atoms with Gasteiger partial charge in [0.15, 0.2) is 0 Å². The van der Waals surface area contributed by atoms with E-state index >= 15 is 0 Å². The number of aryl methyl sites for hydroxylation is 1. The minimum absolute atomic E-state index is 0.0569. The number of rotatable bonds is 5. The van der Waals surface area contributed by atoms with Crippen molar-refractivity contribution in [2.45, 2.75) is 6.42 Å². The molecule has 5 nitrogen and oxygen atoms in total. The number of anilines is 1. The number of hydrogen-bond donors (Lipinski definition) is 1. The standard InChI is InChI=1S/C14H12FN3O2S/c15-13-5-3-6-14(12(13)10-16)18-21(19,20)9-7-11-4-1-2-8-17-11/h1-6,8,18H,7,9H2. The summed E-state index contributed by atoms with van der Waals surface area (Å²) < 4.78 is 39.6. The largest absolute Gasteiger partial charge is 0.282 e. The molecule has 1 N–H and O–H groups in total. The summed E-state index contributed by atoms with van der Waals surface area (Å²) in [6, 6.07) is 10.7. The summed E-state index contributed by atoms with van der Waals surface area (Å²) in [4.78, 5) is 4.03. The fourth-order valence-corrected chi connectivity index (χ4v) is 2.81. The Morgan fingerprint density at radius 1 is 1.24 bits per heavy atom. The van der Waals surface area contributed by atoms with Crippen molar-refractivity contribution < 1.29 is 12.8 Å². The lowest BCUT2D eigenvalue weighted by atomic mass is 10.2. The third-order valence-electron chi connectivity index (χ3n) is 2.74. The number of benzene rings is 1. The predicted octanol–water partition coefficient (Wildman–Crippen LogP) is 2.08. The molecule has 1 aromatic carbocycles. The number of nitriles is 1. The molecule has 7 heteroatoms. The number of aromatic nitrogens is 1. The van der Waals surface area contributed by atoms with Crippen molar-refractivity contribution in [2.75, 3.05) is 10.5 Å². The topological polar surface area (TPSA) is 82.9 Å². The second-order valence-corrected chi connectivity index (χ2v) is 6.11. The first-order valence-corrected chi connectivity index (χ1v) is 7.76. The summed E-state index contributed by atoms with van der Waals surface area (Å²) in [6.07, 6.45) is 1.81. The Kier molecular flexibility index (Phi) is 4.50. The van der Waals surface area contributed by atoms with Gasteiger partial charge in [0.25, 0.3) is 0 Å². The van der Waals surface area contributed by atoms with Crippen LogP contribution < -0.4 is 4.72 Å². The molecule has 21 heavy (non-hydrogen) atoms. The van der Waals surface area contributed by atoms with E-state index in [1.165, 1.54) is 12.1 Å². The summed E-state index contributed by atoms with van der Waals surface area (Å²) in [5, 5.41) is 8.87. The average Bonchev–Trinajstić information content (AvgIpc) is 2.46. The van der Waals surface area contributed by atoms with E-state index in [1.807, 2.05) is 0 Å². The lowest BCUT2D eigenvalue weighted by molar-refractivity contribution is 0.600. The number of sulfonamides is 1. The van der Waals surface area contributed by atoms with Gasteiger partial charge in [-0.25, -0.2) is 12.8 Å². The van der Waals surface area contributed by atoms with Crippen molar-refractivity contribution in [1.29, 1.82) is 5.26 Å². The second-order valence-electron chi connectivity index (χ2n) is 4.27. The second kappa shape index (κ2) is 6.33. The Labute approximate surface area is 122 Å². The normalized spacial score (nSPS) is 10.9. The fraction of sp³-hybridized carbons (Fsp3) is 0.143. The van der Waals surface area contributed by atoms with Crippen LogP contribution in [0.5, 0.6) is 0 Å². The van der Waals surface area contributed by atoms with Crippen LogP contribution in [-0.4, -0.2) is 19.2 Å². The monoisotopic (exact) mass is 305 g/mol. The Hall–Kier alpha value is -2.46. The Balaban J connectivity index is 2.12. The summed E-state index contributed by atoms with van der Waals surface area (Å²) in [5.41, 5.74) is 0.264. The van der Waals surface area contributed by atoms with Crippen LogP contribution in [-0.2, 0) is 16.4 Å². The zero-order valence-electron chi connectivity index (χ0n) is 11.0. The molecule has 2 aromatic rings. The summed E-state index contributed by atoms with van der Waals surface area (Å²) >= 11 is 0. The smallest absolute Gasteiger partial charge is 0.233 e. The van der Waals surface area contributed by atoms with Crippen molar-refractivity contribution in [3.8, 4) is 6.07 Å². The molecule has 0 amide bonds. The van der Waals surface area contributed by atoms with Gasteiger partial charge in [-0.05, 0) is 24.3 Å². The van der Waals surface area contributed by atoms with E-state index < -0.39 is 15.8 Å². The zero-order chi connectivity index (χ0) is 15.3. The van der Waals surface area contributed by atoms with E-state index in [1.54, 1.807) is 30.5 Å². The van der Waals surface area contributed by atoms with Gasteiger partial charge in [0, 0.05) is 18.3 Å². The highest BCUT2D eigenvalue weighted by Gasteiger charge is 2.15. The fourth-order valence-electron chi connectivity index (χ4n) is 1.73. The van der Waals surface area contributed by atoms with Gasteiger partial charge in [-0.3, -0.25) is 9.71 Å². The van der Waals surface area contributed by atoms with Crippen LogP contribution in [0.15, 0.2) is 42.6 Å². The first-order valence-electron chi connectivity index (χ1n) is 6.11. The van der Waals surface area contributed by atoms with Gasteiger partial charge in [-0.15, -0.1) is 0 Å². The van der Waals surface area contributed by atoms with Crippen molar-refractivity contribution >= 4 is 15.7 Å². The molecular weight excluding hydrogens is 293 g/mol. The molecule has 0 unspecified atom stereocenters. The van der Waals surface area contributed by atoms with Gasteiger partial charge >= 0.3 is 0 Å². The maximum Gasteiger partial charge on any atom is 0.233 e. The van der Waals surface area contributed by atoms with Crippen molar-refractivity contribution in [1.82, 2.24) is 4.98 Å². The summed E-state index contributed by atoms with van der Waals surface area (Å²) in [6.45, 7) is 0. The van der Waals surface area contributed by atoms with Crippen LogP contribution in [0.2, 0.25) is 0 Å². The van der Waals surface area contributed by atoms with Crippen LogP contribution >= 0.6 is 0 Å².